The fourth-order valence-corrected chi connectivity index (χ4v) is 6.54. The number of ether oxygens (including phenoxy) is 1. The van der Waals surface area contributed by atoms with Gasteiger partial charge in [-0.1, -0.05) is 62.7 Å². The number of methoxy groups -OCH3 is 1. The van der Waals surface area contributed by atoms with Gasteiger partial charge in [-0.2, -0.15) is 0 Å². The Morgan fingerprint density at radius 2 is 1.55 bits per heavy atom. The van der Waals surface area contributed by atoms with Crippen molar-refractivity contribution in [3.63, 3.8) is 0 Å². The van der Waals surface area contributed by atoms with Gasteiger partial charge >= 0.3 is 0 Å². The van der Waals surface area contributed by atoms with Crippen molar-refractivity contribution >= 4 is 28.3 Å². The molecule has 0 aliphatic rings. The van der Waals surface area contributed by atoms with Gasteiger partial charge in [0.25, 0.3) is 0 Å². The first-order valence-corrected chi connectivity index (χ1v) is 12.3. The average Bonchev–Trinajstić information content (AvgIpc) is 2.24. The molecule has 6 heteroatoms. The topological polar surface area (TPSA) is 27.7 Å². The van der Waals surface area contributed by atoms with E-state index in [1.807, 2.05) is 0 Å². The Kier molecular flexibility index (Phi) is 58.9. The molecule has 0 amide bonds. The van der Waals surface area contributed by atoms with Gasteiger partial charge in [0, 0.05) is 26.2 Å². The molecule has 0 aromatic carbocycles. The smallest absolute Gasteiger partial charge is 0.184 e. The third kappa shape index (κ3) is 31.1. The zero-order chi connectivity index (χ0) is 11.4. The SMILES string of the molecule is C.C.C.C.C.COCCCC[SiH](C)CO[SiH2]CO[SiH2]C. The highest BCUT2D eigenvalue weighted by Gasteiger charge is 2.03. The summed E-state index contributed by atoms with van der Waals surface area (Å²) in [5.41, 5.74) is 0. The second-order valence-electron chi connectivity index (χ2n) is 3.87. The van der Waals surface area contributed by atoms with Gasteiger partial charge in [-0.15, -0.1) is 0 Å². The molecule has 0 spiro atoms. The van der Waals surface area contributed by atoms with Gasteiger partial charge < -0.3 is 13.6 Å². The molecular weight excluding hydrogens is 300 g/mol. The van der Waals surface area contributed by atoms with Crippen LogP contribution >= 0.6 is 0 Å². The van der Waals surface area contributed by atoms with Crippen LogP contribution in [0.5, 0.6) is 0 Å². The van der Waals surface area contributed by atoms with Crippen LogP contribution in [0.3, 0.4) is 0 Å². The Morgan fingerprint density at radius 3 is 2.05 bits per heavy atom. The van der Waals surface area contributed by atoms with Crippen LogP contribution < -0.4 is 0 Å². The second kappa shape index (κ2) is 31.8. The molecule has 0 saturated carbocycles. The summed E-state index contributed by atoms with van der Waals surface area (Å²) in [7, 11) is 0.634. The van der Waals surface area contributed by atoms with Crippen LogP contribution in [0.25, 0.3) is 0 Å². The van der Waals surface area contributed by atoms with Gasteiger partial charge in [0.05, 0.1) is 8.80 Å². The van der Waals surface area contributed by atoms with Crippen molar-refractivity contribution in [2.45, 2.75) is 69.1 Å². The van der Waals surface area contributed by atoms with Crippen LogP contribution in [0.2, 0.25) is 19.1 Å². The van der Waals surface area contributed by atoms with E-state index in [2.05, 4.69) is 13.1 Å². The highest BCUT2D eigenvalue weighted by Crippen LogP contribution is 2.01. The molecule has 0 saturated heterocycles. The number of hydrogen-bond acceptors (Lipinski definition) is 3. The van der Waals surface area contributed by atoms with Crippen LogP contribution in [-0.4, -0.2) is 54.5 Å². The van der Waals surface area contributed by atoms with Crippen molar-refractivity contribution in [3.8, 4) is 0 Å². The first-order chi connectivity index (χ1) is 7.31. The fraction of sp³-hybridized carbons (Fsp3) is 1.00. The molecule has 3 nitrogen and oxygen atoms in total. The molecule has 1 unspecified atom stereocenters. The summed E-state index contributed by atoms with van der Waals surface area (Å²) in [6.45, 7) is 5.48. The Morgan fingerprint density at radius 1 is 0.950 bits per heavy atom. The molecule has 0 aliphatic heterocycles. The van der Waals surface area contributed by atoms with E-state index in [0.29, 0.717) is 0 Å². The lowest BCUT2D eigenvalue weighted by Gasteiger charge is -2.10. The summed E-state index contributed by atoms with van der Waals surface area (Å²) in [5, 5.41) is 0. The Labute approximate surface area is 137 Å². The van der Waals surface area contributed by atoms with Gasteiger partial charge in [0.2, 0.25) is 0 Å². The summed E-state index contributed by atoms with van der Waals surface area (Å²) >= 11 is 0. The summed E-state index contributed by atoms with van der Waals surface area (Å²) in [6, 6.07) is 1.39. The third-order valence-electron chi connectivity index (χ3n) is 2.27. The molecule has 132 valence electrons. The van der Waals surface area contributed by atoms with Crippen molar-refractivity contribution in [3.05, 3.63) is 0 Å². The molecule has 20 heavy (non-hydrogen) atoms. The lowest BCUT2D eigenvalue weighted by molar-refractivity contribution is 0.194. The maximum Gasteiger partial charge on any atom is 0.184 e. The van der Waals surface area contributed by atoms with Crippen LogP contribution in [0, 0.1) is 0 Å². The molecule has 0 rings (SSSR count). The van der Waals surface area contributed by atoms with Gasteiger partial charge in [0.15, 0.2) is 19.5 Å². The minimum absolute atomic E-state index is 0. The summed E-state index contributed by atoms with van der Waals surface area (Å²) in [5.74, 6) is 0. The summed E-state index contributed by atoms with van der Waals surface area (Å²) in [4.78, 5) is 0. The Hall–Kier alpha value is 0.531. The van der Waals surface area contributed by atoms with Crippen LogP contribution in [0.15, 0.2) is 0 Å². The maximum absolute atomic E-state index is 5.72. The first-order valence-electron chi connectivity index (χ1n) is 5.95. The lowest BCUT2D eigenvalue weighted by Crippen LogP contribution is -2.20. The predicted octanol–water partition coefficient (Wildman–Crippen LogP) is 3.20. The van der Waals surface area contributed by atoms with E-state index in [-0.39, 0.29) is 56.7 Å². The van der Waals surface area contributed by atoms with E-state index >= 15 is 0 Å². The molecule has 0 aromatic heterocycles. The molecular formula is C14H46O3Si3. The molecule has 0 N–H and O–H groups in total. The van der Waals surface area contributed by atoms with Gasteiger partial charge in [-0.25, -0.2) is 0 Å². The predicted molar refractivity (Wildman–Crippen MR) is 107 cm³/mol. The van der Waals surface area contributed by atoms with Crippen molar-refractivity contribution in [2.24, 2.45) is 0 Å². The molecule has 0 aliphatic carbocycles. The summed E-state index contributed by atoms with van der Waals surface area (Å²) in [6.07, 6.45) is 4.52. The first kappa shape index (κ1) is 37.1. The van der Waals surface area contributed by atoms with E-state index in [1.165, 1.54) is 18.9 Å². The minimum Gasteiger partial charge on any atom is -0.425 e. The van der Waals surface area contributed by atoms with Crippen LogP contribution in [-0.2, 0) is 13.6 Å². The highest BCUT2D eigenvalue weighted by atomic mass is 28.3. The van der Waals surface area contributed by atoms with Crippen LogP contribution in [0.4, 0.5) is 0 Å². The van der Waals surface area contributed by atoms with E-state index in [0.717, 1.165) is 19.1 Å². The molecule has 0 bridgehead atoms. The number of rotatable bonds is 11. The maximum atomic E-state index is 5.72. The van der Waals surface area contributed by atoms with E-state index in [4.69, 9.17) is 13.6 Å². The molecule has 0 fully saturated rings. The Bertz CT molecular complexity index is 130. The normalized spacial score (nSPS) is 10.9. The second-order valence-corrected chi connectivity index (χ2v) is 9.20. The lowest BCUT2D eigenvalue weighted by atomic mass is 10.4. The molecule has 1 atom stereocenters. The molecule has 0 aromatic rings. The summed E-state index contributed by atoms with van der Waals surface area (Å²) < 4.78 is 16.2. The monoisotopic (exact) mass is 346 g/mol. The molecule has 0 heterocycles. The Balaban J connectivity index is -0.0000000980. The zero-order valence-corrected chi connectivity index (χ0v) is 14.4. The van der Waals surface area contributed by atoms with Gasteiger partial charge in [-0.3, -0.25) is 0 Å². The average molecular weight is 347 g/mol. The van der Waals surface area contributed by atoms with E-state index in [1.54, 1.807) is 7.11 Å². The van der Waals surface area contributed by atoms with Crippen molar-refractivity contribution in [1.29, 1.82) is 0 Å². The van der Waals surface area contributed by atoms with Crippen molar-refractivity contribution < 1.29 is 13.6 Å². The third-order valence-corrected chi connectivity index (χ3v) is 7.20. The van der Waals surface area contributed by atoms with Gasteiger partial charge in [0.1, 0.15) is 0 Å². The minimum atomic E-state index is -0.584. The van der Waals surface area contributed by atoms with Crippen molar-refractivity contribution in [1.82, 2.24) is 0 Å². The van der Waals surface area contributed by atoms with Crippen LogP contribution in [0.1, 0.15) is 50.0 Å². The van der Waals surface area contributed by atoms with E-state index in [9.17, 15) is 0 Å². The van der Waals surface area contributed by atoms with Gasteiger partial charge in [-0.05, 0) is 6.42 Å². The standard InChI is InChI=1S/C9H26O3Si3.5CH4/c1-10-6-4-5-7-15(3)9-12-14-8-11-13-2;;;;;/h15H,4-9,13-14H2,1-3H3;5*1H4. The van der Waals surface area contributed by atoms with Crippen molar-refractivity contribution in [2.75, 3.05) is 26.2 Å². The quantitative estimate of drug-likeness (QED) is 0.425. The number of unbranched alkanes of at least 4 members (excludes halogenated alkanes) is 1. The zero-order valence-electron chi connectivity index (χ0n) is 10.5. The fourth-order valence-electron chi connectivity index (χ4n) is 1.37. The molecule has 0 radical (unpaired) electrons. The highest BCUT2D eigenvalue weighted by molar-refractivity contribution is 6.57. The largest absolute Gasteiger partial charge is 0.425 e. The van der Waals surface area contributed by atoms with E-state index < -0.39 is 8.80 Å². The number of hydrogen-bond donors (Lipinski definition) is 0.